The van der Waals surface area contributed by atoms with Gasteiger partial charge < -0.3 is 34.1 Å². The highest BCUT2D eigenvalue weighted by molar-refractivity contribution is 5.86. The molecule has 0 spiro atoms. The quantitative estimate of drug-likeness (QED) is 0.533. The number of nitrogens with one attached hydrogen (secondary N) is 1. The summed E-state index contributed by atoms with van der Waals surface area (Å²) >= 11 is 0. The molecule has 0 bridgehead atoms. The molecule has 5 atom stereocenters. The van der Waals surface area contributed by atoms with Gasteiger partial charge in [0.15, 0.2) is 6.10 Å². The van der Waals surface area contributed by atoms with Gasteiger partial charge in [-0.2, -0.15) is 0 Å². The zero-order chi connectivity index (χ0) is 20.4. The number of hydrogen-bond acceptors (Lipinski definition) is 9. The first-order chi connectivity index (χ1) is 12.5. The van der Waals surface area contributed by atoms with Crippen molar-refractivity contribution >= 4 is 18.2 Å². The van der Waals surface area contributed by atoms with E-state index in [-0.39, 0.29) is 12.4 Å². The van der Waals surface area contributed by atoms with Crippen molar-refractivity contribution in [2.24, 2.45) is 5.92 Å². The highest BCUT2D eigenvalue weighted by atomic mass is 16.8. The second-order valence-corrected chi connectivity index (χ2v) is 7.34. The maximum absolute atomic E-state index is 12.1. The number of alkyl carbamates (subject to hydrolysis) is 1. The molecule has 2 heterocycles. The Hall–Kier alpha value is -2.49. The molecule has 0 aromatic heterocycles. The number of aliphatic hydroxyl groups is 1. The molecule has 1 amide bonds. The maximum Gasteiger partial charge on any atom is 0.508 e. The van der Waals surface area contributed by atoms with Crippen LogP contribution in [-0.2, 0) is 28.5 Å². The first kappa shape index (κ1) is 20.8. The topological polar surface area (TPSA) is 130 Å². The molecular weight excluding hydrogens is 362 g/mol. The number of hydrogen-bond donors (Lipinski definition) is 2. The summed E-state index contributed by atoms with van der Waals surface area (Å²) in [6.45, 7) is 6.72. The number of amides is 1. The van der Waals surface area contributed by atoms with Crippen LogP contribution < -0.4 is 5.32 Å². The molecule has 0 saturated carbocycles. The summed E-state index contributed by atoms with van der Waals surface area (Å²) in [6.07, 6.45) is -3.41. The molecule has 2 N–H and O–H groups in total. The van der Waals surface area contributed by atoms with Gasteiger partial charge in [-0.25, -0.2) is 14.4 Å². The van der Waals surface area contributed by atoms with Crippen molar-refractivity contribution in [3.05, 3.63) is 11.8 Å². The first-order valence-corrected chi connectivity index (χ1v) is 8.49. The number of ether oxygens (including phenoxy) is 5. The highest BCUT2D eigenvalue weighted by Gasteiger charge is 2.45. The van der Waals surface area contributed by atoms with Gasteiger partial charge in [0.25, 0.3) is 0 Å². The summed E-state index contributed by atoms with van der Waals surface area (Å²) < 4.78 is 25.0. The normalized spacial score (nSPS) is 28.8. The van der Waals surface area contributed by atoms with Gasteiger partial charge in [0.1, 0.15) is 24.4 Å². The third-order valence-corrected chi connectivity index (χ3v) is 4.08. The largest absolute Gasteiger partial charge is 0.508 e. The minimum Gasteiger partial charge on any atom is -0.480 e. The number of cyclic esters (lactones) is 2. The Bertz CT molecular complexity index is 624. The number of rotatable bonds is 4. The van der Waals surface area contributed by atoms with Crippen LogP contribution in [0.3, 0.4) is 0 Å². The zero-order valence-electron chi connectivity index (χ0n) is 15.9. The Balaban J connectivity index is 2.19. The van der Waals surface area contributed by atoms with Crippen molar-refractivity contribution in [3.8, 4) is 0 Å². The number of carbonyl (C=O) groups is 3. The van der Waals surface area contributed by atoms with Crippen LogP contribution in [0, 0.1) is 5.92 Å². The van der Waals surface area contributed by atoms with E-state index in [0.717, 1.165) is 0 Å². The second-order valence-electron chi connectivity index (χ2n) is 7.34. The fourth-order valence-electron chi connectivity index (χ4n) is 2.75. The number of esters is 1. The Labute approximate surface area is 156 Å². The first-order valence-electron chi connectivity index (χ1n) is 8.49. The van der Waals surface area contributed by atoms with Crippen molar-refractivity contribution in [3.63, 3.8) is 0 Å². The summed E-state index contributed by atoms with van der Waals surface area (Å²) in [6, 6.07) is -0.694. The molecule has 1 saturated heterocycles. The average Bonchev–Trinajstić information content (AvgIpc) is 3.00. The molecule has 0 radical (unpaired) electrons. The summed E-state index contributed by atoms with van der Waals surface area (Å²) in [7, 11) is 1.18. The predicted octanol–water partition coefficient (Wildman–Crippen LogP) is 0.868. The summed E-state index contributed by atoms with van der Waals surface area (Å²) in [5, 5.41) is 13.2. The molecule has 0 aliphatic carbocycles. The number of carbonyl (C=O) groups excluding carboxylic acids is 3. The van der Waals surface area contributed by atoms with E-state index in [1.165, 1.54) is 13.2 Å². The van der Waals surface area contributed by atoms with Crippen LogP contribution in [0.15, 0.2) is 11.8 Å². The lowest BCUT2D eigenvalue weighted by Gasteiger charge is -2.38. The minimum absolute atomic E-state index is 0.145. The van der Waals surface area contributed by atoms with Crippen molar-refractivity contribution < 1.29 is 43.2 Å². The van der Waals surface area contributed by atoms with Gasteiger partial charge in [0, 0.05) is 5.92 Å². The summed E-state index contributed by atoms with van der Waals surface area (Å²) in [4.78, 5) is 35.2. The van der Waals surface area contributed by atoms with Crippen molar-refractivity contribution in [2.75, 3.05) is 13.7 Å². The summed E-state index contributed by atoms with van der Waals surface area (Å²) in [5.41, 5.74) is -0.707. The van der Waals surface area contributed by atoms with Crippen LogP contribution in [0.25, 0.3) is 0 Å². The fourth-order valence-corrected chi connectivity index (χ4v) is 2.75. The van der Waals surface area contributed by atoms with Crippen LogP contribution in [0.5, 0.6) is 0 Å². The van der Waals surface area contributed by atoms with Crippen LogP contribution in [-0.4, -0.2) is 67.0 Å². The van der Waals surface area contributed by atoms with Crippen LogP contribution in [0.1, 0.15) is 27.7 Å². The number of aliphatic hydroxyl groups excluding tert-OH is 1. The lowest BCUT2D eigenvalue weighted by Crippen LogP contribution is -2.54. The molecule has 0 unspecified atom stereocenters. The maximum atomic E-state index is 12.1. The van der Waals surface area contributed by atoms with E-state index < -0.39 is 54.1 Å². The van der Waals surface area contributed by atoms with Crippen LogP contribution in [0.4, 0.5) is 9.59 Å². The molecule has 1 fully saturated rings. The van der Waals surface area contributed by atoms with Gasteiger partial charge in [-0.05, 0) is 26.8 Å². The van der Waals surface area contributed by atoms with Gasteiger partial charge in [-0.1, -0.05) is 6.92 Å². The van der Waals surface area contributed by atoms with E-state index >= 15 is 0 Å². The van der Waals surface area contributed by atoms with E-state index in [1.54, 1.807) is 27.7 Å². The van der Waals surface area contributed by atoms with Gasteiger partial charge in [0.2, 0.25) is 5.76 Å². The third-order valence-electron chi connectivity index (χ3n) is 4.08. The second kappa shape index (κ2) is 8.03. The van der Waals surface area contributed by atoms with Crippen LogP contribution in [0.2, 0.25) is 0 Å². The lowest BCUT2D eigenvalue weighted by molar-refractivity contribution is -0.148. The monoisotopic (exact) mass is 387 g/mol. The Morgan fingerprint density at radius 1 is 1.33 bits per heavy atom. The molecule has 152 valence electrons. The molecule has 10 nitrogen and oxygen atoms in total. The molecule has 2 aliphatic heterocycles. The average molecular weight is 387 g/mol. The molecule has 2 aliphatic rings. The van der Waals surface area contributed by atoms with E-state index in [2.05, 4.69) is 14.8 Å². The van der Waals surface area contributed by atoms with Gasteiger partial charge >= 0.3 is 18.2 Å². The van der Waals surface area contributed by atoms with Crippen molar-refractivity contribution in [1.82, 2.24) is 5.32 Å². The van der Waals surface area contributed by atoms with E-state index in [9.17, 15) is 19.5 Å². The molecular formula is C17H25NO9. The third kappa shape index (κ3) is 5.25. The number of methoxy groups -OCH3 is 1. The Morgan fingerprint density at radius 2 is 2.00 bits per heavy atom. The predicted molar refractivity (Wildman–Crippen MR) is 89.5 cm³/mol. The fraction of sp³-hybridized carbons (Fsp3) is 0.706. The standard InChI is InChI=1S/C17H25NO9/c1-8-9(18-15(21)27-17(2,3)4)6-10(14(20)23-5)25-13(8)12(19)11-7-24-16(22)26-11/h6,8-9,11-13,19H,7H2,1-5H3,(H,18,21)/t8-,9+,11-,12-,13-/m1/s1. The smallest absolute Gasteiger partial charge is 0.480 e. The molecule has 0 aromatic carbocycles. The highest BCUT2D eigenvalue weighted by Crippen LogP contribution is 2.29. The van der Waals surface area contributed by atoms with Gasteiger partial charge in [0.05, 0.1) is 13.2 Å². The molecule has 27 heavy (non-hydrogen) atoms. The van der Waals surface area contributed by atoms with Crippen LogP contribution >= 0.6 is 0 Å². The van der Waals surface area contributed by atoms with E-state index in [0.29, 0.717) is 0 Å². The molecule has 2 rings (SSSR count). The van der Waals surface area contributed by atoms with Crippen molar-refractivity contribution in [2.45, 2.75) is 57.6 Å². The molecule has 10 heteroatoms. The van der Waals surface area contributed by atoms with E-state index in [4.69, 9.17) is 14.2 Å². The minimum atomic E-state index is -1.29. The van der Waals surface area contributed by atoms with Gasteiger partial charge in [-0.3, -0.25) is 0 Å². The Kier molecular flexibility index (Phi) is 6.19. The molecule has 0 aromatic rings. The van der Waals surface area contributed by atoms with E-state index in [1.807, 2.05) is 0 Å². The van der Waals surface area contributed by atoms with Crippen molar-refractivity contribution in [1.29, 1.82) is 0 Å². The zero-order valence-corrected chi connectivity index (χ0v) is 15.9. The Morgan fingerprint density at radius 3 is 2.52 bits per heavy atom. The SMILES string of the molecule is COC(=O)C1=C[C@H](NC(=O)OC(C)(C)C)[C@@H](C)[C@H]([C@H](O)[C@H]2COC(=O)O2)O1. The van der Waals surface area contributed by atoms with Gasteiger partial charge in [-0.15, -0.1) is 0 Å². The summed E-state index contributed by atoms with van der Waals surface area (Å²) in [5.74, 6) is -1.43. The lowest BCUT2D eigenvalue weighted by atomic mass is 9.87.